The molecule has 0 fully saturated rings. The number of hydrogen-bond acceptors (Lipinski definition) is 4. The number of fused-ring (bicyclic) bond motifs is 1. The first-order chi connectivity index (χ1) is 12.5. The Morgan fingerprint density at radius 1 is 1.31 bits per heavy atom. The zero-order chi connectivity index (χ0) is 18.7. The lowest BCUT2D eigenvalue weighted by Crippen LogP contribution is -2.43. The number of unbranched alkanes of at least 4 members (excludes halogenated alkanes) is 1. The van der Waals surface area contributed by atoms with E-state index in [-0.39, 0.29) is 24.1 Å². The van der Waals surface area contributed by atoms with Crippen LogP contribution in [0.3, 0.4) is 0 Å². The Kier molecular flexibility index (Phi) is 5.66. The molecule has 6 nitrogen and oxygen atoms in total. The molecule has 1 aromatic carbocycles. The van der Waals surface area contributed by atoms with E-state index in [0.29, 0.717) is 5.69 Å². The Morgan fingerprint density at radius 3 is 2.85 bits per heavy atom. The standard InChI is InChI=1S/C19H24N4O2S/c1-4-5-10-22-14(3)13(2)20-19(22)26-12-18(25)23-11-17(24)21-15-8-6-7-9-16(15)23/h6-9H,4-5,10-12H2,1-3H3,(H,21,24). The molecule has 0 saturated heterocycles. The Morgan fingerprint density at radius 2 is 2.08 bits per heavy atom. The summed E-state index contributed by atoms with van der Waals surface area (Å²) < 4.78 is 2.19. The van der Waals surface area contributed by atoms with E-state index in [1.807, 2.05) is 31.2 Å². The van der Waals surface area contributed by atoms with Crippen molar-refractivity contribution in [1.29, 1.82) is 0 Å². The summed E-state index contributed by atoms with van der Waals surface area (Å²) in [5.41, 5.74) is 3.58. The van der Waals surface area contributed by atoms with Gasteiger partial charge in [0.1, 0.15) is 6.54 Å². The average molecular weight is 372 g/mol. The molecule has 0 bridgehead atoms. The molecule has 138 valence electrons. The van der Waals surface area contributed by atoms with Gasteiger partial charge in [0, 0.05) is 12.2 Å². The molecule has 1 aliphatic heterocycles. The van der Waals surface area contributed by atoms with Crippen LogP contribution in [0.25, 0.3) is 0 Å². The van der Waals surface area contributed by atoms with Gasteiger partial charge in [-0.25, -0.2) is 4.98 Å². The third-order valence-corrected chi connectivity index (χ3v) is 5.52. The van der Waals surface area contributed by atoms with Crippen molar-refractivity contribution in [1.82, 2.24) is 9.55 Å². The van der Waals surface area contributed by atoms with Gasteiger partial charge in [-0.15, -0.1) is 0 Å². The van der Waals surface area contributed by atoms with Crippen molar-refractivity contribution in [2.75, 3.05) is 22.5 Å². The van der Waals surface area contributed by atoms with Crippen LogP contribution in [-0.2, 0) is 16.1 Å². The number of para-hydroxylation sites is 2. The number of aryl methyl sites for hydroxylation is 1. The number of thioether (sulfide) groups is 1. The first-order valence-corrected chi connectivity index (χ1v) is 9.85. The normalized spacial score (nSPS) is 13.5. The fourth-order valence-corrected chi connectivity index (χ4v) is 3.97. The molecule has 0 spiro atoms. The summed E-state index contributed by atoms with van der Waals surface area (Å²) in [6, 6.07) is 7.38. The molecule has 1 N–H and O–H groups in total. The average Bonchev–Trinajstić information content (AvgIpc) is 2.90. The molecule has 0 saturated carbocycles. The SMILES string of the molecule is CCCCn1c(SCC(=O)N2CC(=O)Nc3ccccc32)nc(C)c1C. The van der Waals surface area contributed by atoms with Crippen LogP contribution in [0.5, 0.6) is 0 Å². The summed E-state index contributed by atoms with van der Waals surface area (Å²) >= 11 is 1.44. The van der Waals surface area contributed by atoms with Crippen molar-refractivity contribution >= 4 is 35.0 Å². The van der Waals surface area contributed by atoms with E-state index in [0.717, 1.165) is 41.6 Å². The smallest absolute Gasteiger partial charge is 0.244 e. The molecule has 0 atom stereocenters. The van der Waals surface area contributed by atoms with E-state index >= 15 is 0 Å². The van der Waals surface area contributed by atoms with Gasteiger partial charge in [-0.1, -0.05) is 37.2 Å². The zero-order valence-electron chi connectivity index (χ0n) is 15.4. The van der Waals surface area contributed by atoms with Gasteiger partial charge < -0.3 is 14.8 Å². The van der Waals surface area contributed by atoms with Crippen molar-refractivity contribution in [3.8, 4) is 0 Å². The number of rotatable bonds is 6. The summed E-state index contributed by atoms with van der Waals surface area (Å²) in [6.07, 6.45) is 2.19. The summed E-state index contributed by atoms with van der Waals surface area (Å²) in [4.78, 5) is 30.9. The van der Waals surface area contributed by atoms with Crippen LogP contribution in [0.4, 0.5) is 11.4 Å². The highest BCUT2D eigenvalue weighted by atomic mass is 32.2. The molecule has 0 aliphatic carbocycles. The number of hydrogen-bond donors (Lipinski definition) is 1. The first kappa shape index (κ1) is 18.5. The Hall–Kier alpha value is -2.28. The molecule has 7 heteroatoms. The highest BCUT2D eigenvalue weighted by Crippen LogP contribution is 2.30. The molecule has 1 aromatic heterocycles. The molecule has 1 aliphatic rings. The lowest BCUT2D eigenvalue weighted by Gasteiger charge is -2.29. The monoisotopic (exact) mass is 372 g/mol. The number of amides is 2. The van der Waals surface area contributed by atoms with Crippen LogP contribution >= 0.6 is 11.8 Å². The number of nitrogens with zero attached hydrogens (tertiary/aromatic N) is 3. The first-order valence-electron chi connectivity index (χ1n) is 8.87. The second-order valence-electron chi connectivity index (χ2n) is 6.40. The lowest BCUT2D eigenvalue weighted by atomic mass is 10.2. The summed E-state index contributed by atoms with van der Waals surface area (Å²) in [5, 5.41) is 3.68. The van der Waals surface area contributed by atoms with Gasteiger partial charge >= 0.3 is 0 Å². The maximum atomic E-state index is 12.8. The van der Waals surface area contributed by atoms with Crippen LogP contribution in [-0.4, -0.2) is 33.7 Å². The van der Waals surface area contributed by atoms with Crippen LogP contribution in [0.2, 0.25) is 0 Å². The summed E-state index contributed by atoms with van der Waals surface area (Å²) in [6.45, 7) is 7.19. The number of carbonyl (C=O) groups excluding carboxylic acids is 2. The molecule has 26 heavy (non-hydrogen) atoms. The van der Waals surface area contributed by atoms with Gasteiger partial charge in [-0.2, -0.15) is 0 Å². The van der Waals surface area contributed by atoms with Crippen molar-refractivity contribution in [3.05, 3.63) is 35.7 Å². The Labute approximate surface area is 158 Å². The molecule has 0 unspecified atom stereocenters. The van der Waals surface area contributed by atoms with Gasteiger partial charge in [0.05, 0.1) is 22.8 Å². The highest BCUT2D eigenvalue weighted by molar-refractivity contribution is 7.99. The van der Waals surface area contributed by atoms with E-state index in [1.54, 1.807) is 4.90 Å². The summed E-state index contributed by atoms with van der Waals surface area (Å²) in [5.74, 6) is -0.000255. The van der Waals surface area contributed by atoms with Crippen molar-refractivity contribution in [2.24, 2.45) is 0 Å². The predicted molar refractivity (Wildman–Crippen MR) is 105 cm³/mol. The molecule has 0 radical (unpaired) electrons. The van der Waals surface area contributed by atoms with Crippen LogP contribution in [0.15, 0.2) is 29.4 Å². The number of aromatic nitrogens is 2. The molecular formula is C19H24N4O2S. The second kappa shape index (κ2) is 7.95. The van der Waals surface area contributed by atoms with Crippen molar-refractivity contribution in [2.45, 2.75) is 45.3 Å². The van der Waals surface area contributed by atoms with Gasteiger partial charge in [0.25, 0.3) is 0 Å². The number of carbonyl (C=O) groups is 2. The Balaban J connectivity index is 1.74. The maximum Gasteiger partial charge on any atom is 0.244 e. The van der Waals surface area contributed by atoms with Gasteiger partial charge in [-0.3, -0.25) is 9.59 Å². The van der Waals surface area contributed by atoms with Crippen molar-refractivity contribution in [3.63, 3.8) is 0 Å². The van der Waals surface area contributed by atoms with Crippen LogP contribution in [0.1, 0.15) is 31.2 Å². The fourth-order valence-electron chi connectivity index (χ4n) is 2.97. The minimum atomic E-state index is -0.168. The summed E-state index contributed by atoms with van der Waals surface area (Å²) in [7, 11) is 0. The highest BCUT2D eigenvalue weighted by Gasteiger charge is 2.27. The molecule has 2 heterocycles. The molecule has 2 aromatic rings. The van der Waals surface area contributed by atoms with E-state index in [1.165, 1.54) is 11.8 Å². The molecule has 2 amide bonds. The van der Waals surface area contributed by atoms with E-state index < -0.39 is 0 Å². The minimum Gasteiger partial charge on any atom is -0.323 e. The third kappa shape index (κ3) is 3.77. The molecule has 3 rings (SSSR count). The van der Waals surface area contributed by atoms with Gasteiger partial charge in [0.15, 0.2) is 5.16 Å². The van der Waals surface area contributed by atoms with Gasteiger partial charge in [0.2, 0.25) is 11.8 Å². The number of imidazole rings is 1. The topological polar surface area (TPSA) is 67.2 Å². The lowest BCUT2D eigenvalue weighted by molar-refractivity contribution is -0.120. The molecular weight excluding hydrogens is 348 g/mol. The predicted octanol–water partition coefficient (Wildman–Crippen LogP) is 3.38. The number of nitrogens with one attached hydrogen (secondary N) is 1. The van der Waals surface area contributed by atoms with E-state index in [9.17, 15) is 9.59 Å². The largest absolute Gasteiger partial charge is 0.323 e. The van der Waals surface area contributed by atoms with E-state index in [4.69, 9.17) is 0 Å². The quantitative estimate of drug-likeness (QED) is 0.790. The second-order valence-corrected chi connectivity index (χ2v) is 7.35. The Bertz CT molecular complexity index is 831. The van der Waals surface area contributed by atoms with Crippen molar-refractivity contribution < 1.29 is 9.59 Å². The fraction of sp³-hybridized carbons (Fsp3) is 0.421. The third-order valence-electron chi connectivity index (χ3n) is 4.55. The van der Waals surface area contributed by atoms with Gasteiger partial charge in [-0.05, 0) is 32.4 Å². The zero-order valence-corrected chi connectivity index (χ0v) is 16.2. The van der Waals surface area contributed by atoms with Crippen LogP contribution < -0.4 is 10.2 Å². The van der Waals surface area contributed by atoms with Crippen LogP contribution in [0, 0.1) is 13.8 Å². The number of anilines is 2. The number of benzene rings is 1. The maximum absolute atomic E-state index is 12.8. The van der Waals surface area contributed by atoms with E-state index in [2.05, 4.69) is 28.7 Å². The minimum absolute atomic E-state index is 0.0543.